The topological polar surface area (TPSA) is 53.9 Å². The zero-order valence-corrected chi connectivity index (χ0v) is 17.3. The minimum Gasteiger partial charge on any atom is -0.469 e. The summed E-state index contributed by atoms with van der Waals surface area (Å²) in [7, 11) is 3.24. The number of guanidine groups is 1. The van der Waals surface area contributed by atoms with E-state index in [0.29, 0.717) is 0 Å². The number of halogens is 2. The lowest BCUT2D eigenvalue weighted by Gasteiger charge is -2.33. The van der Waals surface area contributed by atoms with E-state index in [2.05, 4.69) is 43.3 Å². The number of carbonyl (C=O) groups is 1. The van der Waals surface area contributed by atoms with Gasteiger partial charge in [-0.15, -0.1) is 24.0 Å². The SMILES string of the molecule is CN=C(NCc1cccc(Br)c1)N1CCC(C(=O)OC)CC1.I. The molecule has 0 bridgehead atoms. The number of hydrogen-bond acceptors (Lipinski definition) is 3. The van der Waals surface area contributed by atoms with Gasteiger partial charge >= 0.3 is 5.97 Å². The molecule has 0 spiro atoms. The molecule has 0 atom stereocenters. The third-order valence-electron chi connectivity index (χ3n) is 3.88. The van der Waals surface area contributed by atoms with Gasteiger partial charge < -0.3 is 15.0 Å². The average Bonchev–Trinajstić information content (AvgIpc) is 2.55. The normalized spacial score (nSPS) is 15.8. The second-order valence-corrected chi connectivity index (χ2v) is 6.23. The van der Waals surface area contributed by atoms with Crippen LogP contribution in [0.1, 0.15) is 18.4 Å². The second kappa shape index (κ2) is 10.1. The van der Waals surface area contributed by atoms with E-state index in [1.54, 1.807) is 7.05 Å². The Hall–Kier alpha value is -0.830. The van der Waals surface area contributed by atoms with Crippen LogP contribution in [-0.4, -0.2) is 44.1 Å². The van der Waals surface area contributed by atoms with E-state index in [-0.39, 0.29) is 35.9 Å². The van der Waals surface area contributed by atoms with Crippen LogP contribution in [0.3, 0.4) is 0 Å². The third kappa shape index (κ3) is 5.95. The third-order valence-corrected chi connectivity index (χ3v) is 4.37. The van der Waals surface area contributed by atoms with Crippen molar-refractivity contribution in [3.8, 4) is 0 Å². The summed E-state index contributed by atoms with van der Waals surface area (Å²) in [6.45, 7) is 2.36. The molecule has 1 N–H and O–H groups in total. The van der Waals surface area contributed by atoms with Crippen LogP contribution in [0.2, 0.25) is 0 Å². The Morgan fingerprint density at radius 3 is 2.70 bits per heavy atom. The van der Waals surface area contributed by atoms with Gasteiger partial charge in [0.15, 0.2) is 5.96 Å². The molecule has 0 saturated carbocycles. The van der Waals surface area contributed by atoms with Gasteiger partial charge in [0.2, 0.25) is 0 Å². The molecule has 5 nitrogen and oxygen atoms in total. The highest BCUT2D eigenvalue weighted by Crippen LogP contribution is 2.18. The van der Waals surface area contributed by atoms with Crippen molar-refractivity contribution in [1.82, 2.24) is 10.2 Å². The highest BCUT2D eigenvalue weighted by atomic mass is 127. The zero-order valence-electron chi connectivity index (χ0n) is 13.4. The van der Waals surface area contributed by atoms with Gasteiger partial charge in [-0.05, 0) is 30.5 Å². The molecule has 1 heterocycles. The van der Waals surface area contributed by atoms with Crippen molar-refractivity contribution in [3.05, 3.63) is 34.3 Å². The number of ether oxygens (including phenoxy) is 1. The Balaban J connectivity index is 0.00000264. The molecule has 1 saturated heterocycles. The number of piperidine rings is 1. The fourth-order valence-electron chi connectivity index (χ4n) is 2.65. The van der Waals surface area contributed by atoms with E-state index < -0.39 is 0 Å². The summed E-state index contributed by atoms with van der Waals surface area (Å²) in [6.07, 6.45) is 1.62. The lowest BCUT2D eigenvalue weighted by atomic mass is 9.97. The Morgan fingerprint density at radius 1 is 1.43 bits per heavy atom. The predicted octanol–water partition coefficient (Wildman–Crippen LogP) is 3.03. The first-order chi connectivity index (χ1) is 10.6. The number of likely N-dealkylation sites (tertiary alicyclic amines) is 1. The minimum absolute atomic E-state index is 0. The highest BCUT2D eigenvalue weighted by molar-refractivity contribution is 14.0. The summed E-state index contributed by atoms with van der Waals surface area (Å²) in [5, 5.41) is 3.38. The molecule has 0 aromatic heterocycles. The zero-order chi connectivity index (χ0) is 15.9. The van der Waals surface area contributed by atoms with E-state index >= 15 is 0 Å². The number of hydrogen-bond donors (Lipinski definition) is 1. The van der Waals surface area contributed by atoms with Crippen molar-refractivity contribution in [2.24, 2.45) is 10.9 Å². The highest BCUT2D eigenvalue weighted by Gasteiger charge is 2.26. The molecule has 1 aliphatic heterocycles. The average molecular weight is 496 g/mol. The molecule has 0 amide bonds. The van der Waals surface area contributed by atoms with E-state index in [0.717, 1.165) is 42.9 Å². The van der Waals surface area contributed by atoms with Gasteiger partial charge in [0.05, 0.1) is 13.0 Å². The van der Waals surface area contributed by atoms with Crippen LogP contribution < -0.4 is 5.32 Å². The summed E-state index contributed by atoms with van der Waals surface area (Å²) < 4.78 is 5.89. The summed E-state index contributed by atoms with van der Waals surface area (Å²) in [4.78, 5) is 18.1. The standard InChI is InChI=1S/C16H22BrN3O2.HI/c1-18-16(19-11-12-4-3-5-14(17)10-12)20-8-6-13(7-9-20)15(21)22-2;/h3-5,10,13H,6-9,11H2,1-2H3,(H,18,19);1H. The van der Waals surface area contributed by atoms with Crippen molar-refractivity contribution >= 4 is 51.8 Å². The van der Waals surface area contributed by atoms with Gasteiger partial charge in [0.25, 0.3) is 0 Å². The van der Waals surface area contributed by atoms with E-state index in [1.807, 2.05) is 12.1 Å². The molecule has 1 aromatic carbocycles. The minimum atomic E-state index is -0.100. The molecule has 0 radical (unpaired) electrons. The van der Waals surface area contributed by atoms with E-state index in [4.69, 9.17) is 4.74 Å². The van der Waals surface area contributed by atoms with Crippen molar-refractivity contribution in [2.45, 2.75) is 19.4 Å². The number of aliphatic imine (C=N–C) groups is 1. The number of carbonyl (C=O) groups excluding carboxylic acids is 1. The predicted molar refractivity (Wildman–Crippen MR) is 106 cm³/mol. The van der Waals surface area contributed by atoms with Crippen LogP contribution in [0.5, 0.6) is 0 Å². The maximum atomic E-state index is 11.6. The first-order valence-electron chi connectivity index (χ1n) is 7.42. The summed E-state index contributed by atoms with van der Waals surface area (Å²) in [5.74, 6) is 0.796. The Labute approximate surface area is 163 Å². The van der Waals surface area contributed by atoms with Gasteiger partial charge in [-0.25, -0.2) is 0 Å². The number of nitrogens with zero attached hydrogens (tertiary/aromatic N) is 2. The van der Waals surface area contributed by atoms with Crippen LogP contribution in [0.25, 0.3) is 0 Å². The first kappa shape index (κ1) is 20.2. The fourth-order valence-corrected chi connectivity index (χ4v) is 3.10. The van der Waals surface area contributed by atoms with Gasteiger partial charge in [0.1, 0.15) is 0 Å². The van der Waals surface area contributed by atoms with Gasteiger partial charge in [-0.1, -0.05) is 28.1 Å². The molecule has 0 aliphatic carbocycles. The van der Waals surface area contributed by atoms with Crippen molar-refractivity contribution < 1.29 is 9.53 Å². The van der Waals surface area contributed by atoms with Gasteiger partial charge in [-0.2, -0.15) is 0 Å². The molecular formula is C16H23BrIN3O2. The van der Waals surface area contributed by atoms with Crippen molar-refractivity contribution in [1.29, 1.82) is 0 Å². The van der Waals surface area contributed by atoms with Gasteiger partial charge in [0, 0.05) is 31.2 Å². The van der Waals surface area contributed by atoms with Crippen LogP contribution in [-0.2, 0) is 16.1 Å². The Morgan fingerprint density at radius 2 is 2.13 bits per heavy atom. The van der Waals surface area contributed by atoms with Crippen LogP contribution >= 0.6 is 39.9 Å². The number of nitrogens with one attached hydrogen (secondary N) is 1. The molecular weight excluding hydrogens is 473 g/mol. The molecule has 0 unspecified atom stereocenters. The quantitative estimate of drug-likeness (QED) is 0.303. The maximum absolute atomic E-state index is 11.6. The number of rotatable bonds is 3. The molecule has 2 rings (SSSR count). The largest absolute Gasteiger partial charge is 0.469 e. The molecule has 128 valence electrons. The fraction of sp³-hybridized carbons (Fsp3) is 0.500. The molecule has 1 aliphatic rings. The van der Waals surface area contributed by atoms with Gasteiger partial charge in [-0.3, -0.25) is 9.79 Å². The molecule has 7 heteroatoms. The Kier molecular flexibility index (Phi) is 8.90. The number of methoxy groups -OCH3 is 1. The molecule has 1 aromatic rings. The Bertz CT molecular complexity index is 546. The number of esters is 1. The van der Waals surface area contributed by atoms with Crippen LogP contribution in [0.4, 0.5) is 0 Å². The van der Waals surface area contributed by atoms with E-state index in [1.165, 1.54) is 12.7 Å². The summed E-state index contributed by atoms with van der Waals surface area (Å²) in [6, 6.07) is 8.19. The monoisotopic (exact) mass is 495 g/mol. The maximum Gasteiger partial charge on any atom is 0.308 e. The summed E-state index contributed by atoms with van der Waals surface area (Å²) in [5.41, 5.74) is 1.19. The second-order valence-electron chi connectivity index (χ2n) is 5.32. The molecule has 1 fully saturated rings. The molecule has 23 heavy (non-hydrogen) atoms. The van der Waals surface area contributed by atoms with Crippen molar-refractivity contribution in [3.63, 3.8) is 0 Å². The number of benzene rings is 1. The van der Waals surface area contributed by atoms with Crippen LogP contribution in [0.15, 0.2) is 33.7 Å². The first-order valence-corrected chi connectivity index (χ1v) is 8.21. The lowest BCUT2D eigenvalue weighted by molar-refractivity contribution is -0.146. The lowest BCUT2D eigenvalue weighted by Crippen LogP contribution is -2.46. The van der Waals surface area contributed by atoms with E-state index in [9.17, 15) is 4.79 Å². The van der Waals surface area contributed by atoms with Crippen molar-refractivity contribution in [2.75, 3.05) is 27.2 Å². The van der Waals surface area contributed by atoms with Crippen LogP contribution in [0, 0.1) is 5.92 Å². The summed E-state index contributed by atoms with van der Waals surface area (Å²) >= 11 is 3.48. The smallest absolute Gasteiger partial charge is 0.308 e.